The number of alkyl halides is 3. The number of amides is 1. The lowest BCUT2D eigenvalue weighted by Gasteiger charge is -2.23. The quantitative estimate of drug-likeness (QED) is 0.902. The van der Waals surface area contributed by atoms with Crippen molar-refractivity contribution in [3.63, 3.8) is 0 Å². The molecule has 0 spiro atoms. The van der Waals surface area contributed by atoms with Crippen LogP contribution >= 0.6 is 0 Å². The molecule has 0 atom stereocenters. The van der Waals surface area contributed by atoms with Gasteiger partial charge in [-0.25, -0.2) is 9.78 Å². The minimum absolute atomic E-state index is 0.0664. The molecule has 110 valence electrons. The summed E-state index contributed by atoms with van der Waals surface area (Å²) in [5.74, 6) is -2.22. The van der Waals surface area contributed by atoms with E-state index in [2.05, 4.69) is 4.98 Å². The lowest BCUT2D eigenvalue weighted by molar-refractivity contribution is -0.140. The molecule has 0 aliphatic heterocycles. The molecule has 1 heterocycles. The van der Waals surface area contributed by atoms with Crippen LogP contribution in [-0.2, 0) is 0 Å². The average Bonchev–Trinajstić information content (AvgIpc) is 2.36. The number of carboxylic acids is 1. The van der Waals surface area contributed by atoms with Crippen LogP contribution in [0.1, 0.15) is 34.2 Å². The fourth-order valence-corrected chi connectivity index (χ4v) is 1.60. The van der Waals surface area contributed by atoms with E-state index in [1.54, 1.807) is 6.92 Å². The van der Waals surface area contributed by atoms with Crippen LogP contribution in [0.25, 0.3) is 0 Å². The third-order valence-corrected chi connectivity index (χ3v) is 2.38. The van der Waals surface area contributed by atoms with Gasteiger partial charge in [0.25, 0.3) is 5.91 Å². The highest BCUT2D eigenvalue weighted by Gasteiger charge is 2.33. The lowest BCUT2D eigenvalue weighted by Crippen LogP contribution is -2.39. The fraction of sp³-hybridized carbons (Fsp3) is 0.417. The highest BCUT2D eigenvalue weighted by Crippen LogP contribution is 2.18. The molecule has 1 amide bonds. The molecule has 5 nitrogen and oxygen atoms in total. The average molecular weight is 290 g/mol. The van der Waals surface area contributed by atoms with Crippen molar-refractivity contribution in [3.8, 4) is 0 Å². The first-order valence-electron chi connectivity index (χ1n) is 5.80. The minimum Gasteiger partial charge on any atom is -0.477 e. The Morgan fingerprint density at radius 3 is 2.55 bits per heavy atom. The highest BCUT2D eigenvalue weighted by atomic mass is 19.4. The topological polar surface area (TPSA) is 70.5 Å². The second-order valence-corrected chi connectivity index (χ2v) is 4.08. The predicted octanol–water partition coefficient (Wildman–Crippen LogP) is 2.19. The van der Waals surface area contributed by atoms with Crippen LogP contribution in [-0.4, -0.2) is 46.1 Å². The maximum Gasteiger partial charge on any atom is 0.406 e. The second kappa shape index (κ2) is 6.36. The van der Waals surface area contributed by atoms with Gasteiger partial charge in [0.05, 0.1) is 0 Å². The van der Waals surface area contributed by atoms with E-state index in [0.717, 1.165) is 12.3 Å². The maximum absolute atomic E-state index is 12.4. The lowest BCUT2D eigenvalue weighted by atomic mass is 10.2. The van der Waals surface area contributed by atoms with Gasteiger partial charge in [-0.1, -0.05) is 6.92 Å². The van der Waals surface area contributed by atoms with Crippen molar-refractivity contribution in [1.82, 2.24) is 9.88 Å². The third-order valence-electron chi connectivity index (χ3n) is 2.38. The third kappa shape index (κ3) is 4.52. The van der Waals surface area contributed by atoms with Gasteiger partial charge in [-0.05, 0) is 18.6 Å². The number of carboxylic acid groups (broad SMARTS) is 1. The first kappa shape index (κ1) is 15.9. The number of hydrogen-bond donors (Lipinski definition) is 1. The monoisotopic (exact) mass is 290 g/mol. The van der Waals surface area contributed by atoms with Crippen LogP contribution in [0, 0.1) is 0 Å². The molecule has 0 aliphatic rings. The number of pyridine rings is 1. The smallest absolute Gasteiger partial charge is 0.406 e. The van der Waals surface area contributed by atoms with Gasteiger partial charge in [-0.3, -0.25) is 4.79 Å². The number of halogens is 3. The van der Waals surface area contributed by atoms with Crippen molar-refractivity contribution in [2.45, 2.75) is 19.5 Å². The predicted molar refractivity (Wildman–Crippen MR) is 63.4 cm³/mol. The number of aromatic carboxylic acids is 1. The maximum atomic E-state index is 12.4. The normalized spacial score (nSPS) is 11.2. The Morgan fingerprint density at radius 1 is 1.40 bits per heavy atom. The first-order valence-corrected chi connectivity index (χ1v) is 5.80. The Hall–Kier alpha value is -2.12. The van der Waals surface area contributed by atoms with Crippen molar-refractivity contribution < 1.29 is 27.9 Å². The molecule has 1 aromatic heterocycles. The Labute approximate surface area is 113 Å². The number of rotatable bonds is 5. The highest BCUT2D eigenvalue weighted by molar-refractivity contribution is 5.96. The van der Waals surface area contributed by atoms with E-state index in [0.29, 0.717) is 11.3 Å². The van der Waals surface area contributed by atoms with Crippen molar-refractivity contribution in [2.75, 3.05) is 13.1 Å². The van der Waals surface area contributed by atoms with Gasteiger partial charge in [0.15, 0.2) is 0 Å². The summed E-state index contributed by atoms with van der Waals surface area (Å²) in [5.41, 5.74) is -0.519. The van der Waals surface area contributed by atoms with E-state index in [-0.39, 0.29) is 17.8 Å². The largest absolute Gasteiger partial charge is 0.477 e. The van der Waals surface area contributed by atoms with Gasteiger partial charge in [-0.15, -0.1) is 0 Å². The van der Waals surface area contributed by atoms with Crippen molar-refractivity contribution >= 4 is 11.9 Å². The molecule has 1 N–H and O–H groups in total. The van der Waals surface area contributed by atoms with Crippen molar-refractivity contribution in [1.29, 1.82) is 0 Å². The van der Waals surface area contributed by atoms with Gasteiger partial charge in [0, 0.05) is 18.3 Å². The van der Waals surface area contributed by atoms with E-state index in [9.17, 15) is 22.8 Å². The summed E-state index contributed by atoms with van der Waals surface area (Å²) in [7, 11) is 0. The van der Waals surface area contributed by atoms with Crippen LogP contribution in [0.3, 0.4) is 0 Å². The Morgan fingerprint density at radius 2 is 2.05 bits per heavy atom. The zero-order chi connectivity index (χ0) is 15.3. The summed E-state index contributed by atoms with van der Waals surface area (Å²) in [5, 5.41) is 8.75. The summed E-state index contributed by atoms with van der Waals surface area (Å²) in [6.45, 7) is 0.208. The summed E-state index contributed by atoms with van der Waals surface area (Å²) in [4.78, 5) is 26.9. The summed E-state index contributed by atoms with van der Waals surface area (Å²) < 4.78 is 37.2. The number of aromatic nitrogens is 1. The van der Waals surface area contributed by atoms with E-state index >= 15 is 0 Å². The van der Waals surface area contributed by atoms with Crippen LogP contribution in [0.5, 0.6) is 0 Å². The van der Waals surface area contributed by atoms with Crippen LogP contribution in [0.4, 0.5) is 13.2 Å². The Balaban J connectivity index is 3.00. The Kier molecular flexibility index (Phi) is 5.06. The molecular weight excluding hydrogens is 277 g/mol. The van der Waals surface area contributed by atoms with E-state index in [1.165, 1.54) is 6.07 Å². The molecule has 1 rings (SSSR count). The van der Waals surface area contributed by atoms with Gasteiger partial charge >= 0.3 is 12.1 Å². The van der Waals surface area contributed by atoms with Gasteiger partial charge < -0.3 is 10.0 Å². The molecule has 0 unspecified atom stereocenters. The van der Waals surface area contributed by atoms with Gasteiger partial charge in [-0.2, -0.15) is 13.2 Å². The van der Waals surface area contributed by atoms with Crippen LogP contribution in [0.2, 0.25) is 0 Å². The number of hydrogen-bond acceptors (Lipinski definition) is 3. The molecular formula is C12H13F3N2O3. The standard InChI is InChI=1S/C12H13F3N2O3/c1-2-5-17(7-12(13,14)15)10(18)8-3-4-16-9(6-8)11(19)20/h3-4,6H,2,5,7H2,1H3,(H,19,20). The zero-order valence-electron chi connectivity index (χ0n) is 10.6. The zero-order valence-corrected chi connectivity index (χ0v) is 10.6. The van der Waals surface area contributed by atoms with Gasteiger partial charge in [0.1, 0.15) is 12.2 Å². The molecule has 0 radical (unpaired) electrons. The van der Waals surface area contributed by atoms with Gasteiger partial charge in [0.2, 0.25) is 0 Å². The molecule has 0 aliphatic carbocycles. The Bertz CT molecular complexity index is 503. The molecule has 0 aromatic carbocycles. The van der Waals surface area contributed by atoms with E-state index in [1.807, 2.05) is 0 Å². The molecule has 0 saturated carbocycles. The fourth-order valence-electron chi connectivity index (χ4n) is 1.60. The van der Waals surface area contributed by atoms with E-state index in [4.69, 9.17) is 5.11 Å². The van der Waals surface area contributed by atoms with Crippen LogP contribution < -0.4 is 0 Å². The molecule has 0 saturated heterocycles. The SMILES string of the molecule is CCCN(CC(F)(F)F)C(=O)c1ccnc(C(=O)O)c1. The summed E-state index contributed by atoms with van der Waals surface area (Å²) >= 11 is 0. The van der Waals surface area contributed by atoms with Crippen LogP contribution in [0.15, 0.2) is 18.3 Å². The molecule has 0 bridgehead atoms. The van der Waals surface area contributed by atoms with Crippen molar-refractivity contribution in [3.05, 3.63) is 29.6 Å². The summed E-state index contributed by atoms with van der Waals surface area (Å²) in [6, 6.07) is 2.15. The molecule has 8 heteroatoms. The number of carbonyl (C=O) groups is 2. The molecule has 1 aromatic rings. The molecule has 0 fully saturated rings. The number of carbonyl (C=O) groups excluding carboxylic acids is 1. The summed E-state index contributed by atoms with van der Waals surface area (Å²) in [6.07, 6.45) is -3.07. The van der Waals surface area contributed by atoms with E-state index < -0.39 is 24.6 Å². The first-order chi connectivity index (χ1) is 9.24. The number of nitrogens with zero attached hydrogens (tertiary/aromatic N) is 2. The van der Waals surface area contributed by atoms with Crippen molar-refractivity contribution in [2.24, 2.45) is 0 Å². The molecule has 20 heavy (non-hydrogen) atoms. The minimum atomic E-state index is -4.51. The second-order valence-electron chi connectivity index (χ2n) is 4.08.